The fourth-order valence-corrected chi connectivity index (χ4v) is 3.39. The molecule has 22 heavy (non-hydrogen) atoms. The summed E-state index contributed by atoms with van der Waals surface area (Å²) in [6, 6.07) is 0.0981. The number of nitrogens with zero attached hydrogens (tertiary/aromatic N) is 3. The average molecular weight is 329 g/mol. The first-order chi connectivity index (χ1) is 10.1. The Bertz CT molecular complexity index is 596. The van der Waals surface area contributed by atoms with Gasteiger partial charge in [0.1, 0.15) is 5.76 Å². The van der Waals surface area contributed by atoms with Crippen LogP contribution < -0.4 is 0 Å². The maximum absolute atomic E-state index is 11.6. The Hall–Kier alpha value is -0.920. The highest BCUT2D eigenvalue weighted by atomic mass is 32.2. The van der Waals surface area contributed by atoms with Crippen LogP contribution in [0.4, 0.5) is 0 Å². The molecule has 0 atom stereocenters. The SMILES string of the molecule is CN(C1CCN(Cc2ncc(C(C)(C)C)o2)CC1)S(C)(=O)=O. The van der Waals surface area contributed by atoms with Gasteiger partial charge in [-0.15, -0.1) is 0 Å². The molecule has 1 saturated heterocycles. The Balaban J connectivity index is 1.89. The Morgan fingerprint density at radius 3 is 2.41 bits per heavy atom. The van der Waals surface area contributed by atoms with Crippen molar-refractivity contribution in [1.82, 2.24) is 14.2 Å². The molecule has 1 aromatic rings. The Morgan fingerprint density at radius 2 is 1.95 bits per heavy atom. The molecule has 0 radical (unpaired) electrons. The van der Waals surface area contributed by atoms with Crippen LogP contribution in [0.2, 0.25) is 0 Å². The lowest BCUT2D eigenvalue weighted by Crippen LogP contribution is -2.44. The molecule has 0 amide bonds. The summed E-state index contributed by atoms with van der Waals surface area (Å²) in [7, 11) is -1.44. The summed E-state index contributed by atoms with van der Waals surface area (Å²) in [4.78, 5) is 6.62. The average Bonchev–Trinajstić information content (AvgIpc) is 2.86. The Labute approximate surface area is 133 Å². The quantitative estimate of drug-likeness (QED) is 0.843. The first-order valence-electron chi connectivity index (χ1n) is 7.68. The molecule has 0 aliphatic carbocycles. The van der Waals surface area contributed by atoms with Crippen LogP contribution >= 0.6 is 0 Å². The van der Waals surface area contributed by atoms with E-state index in [1.54, 1.807) is 13.2 Å². The number of hydrogen-bond acceptors (Lipinski definition) is 5. The predicted molar refractivity (Wildman–Crippen MR) is 86.1 cm³/mol. The monoisotopic (exact) mass is 329 g/mol. The van der Waals surface area contributed by atoms with E-state index < -0.39 is 10.0 Å². The van der Waals surface area contributed by atoms with Gasteiger partial charge in [0.25, 0.3) is 0 Å². The van der Waals surface area contributed by atoms with Crippen molar-refractivity contribution in [3.8, 4) is 0 Å². The number of sulfonamides is 1. The number of hydrogen-bond donors (Lipinski definition) is 0. The van der Waals surface area contributed by atoms with E-state index in [2.05, 4.69) is 30.7 Å². The van der Waals surface area contributed by atoms with Crippen molar-refractivity contribution >= 4 is 10.0 Å². The van der Waals surface area contributed by atoms with Crippen molar-refractivity contribution in [1.29, 1.82) is 0 Å². The summed E-state index contributed by atoms with van der Waals surface area (Å²) >= 11 is 0. The highest BCUT2D eigenvalue weighted by Crippen LogP contribution is 2.24. The second-order valence-corrected chi connectivity index (χ2v) is 9.20. The summed E-state index contributed by atoms with van der Waals surface area (Å²) in [6.45, 7) is 8.71. The van der Waals surface area contributed by atoms with E-state index in [9.17, 15) is 8.42 Å². The van der Waals surface area contributed by atoms with Gasteiger partial charge in [0, 0.05) is 31.6 Å². The zero-order valence-electron chi connectivity index (χ0n) is 14.2. The molecule has 1 aliphatic heterocycles. The van der Waals surface area contributed by atoms with E-state index in [0.29, 0.717) is 6.54 Å². The molecule has 0 bridgehead atoms. The highest BCUT2D eigenvalue weighted by molar-refractivity contribution is 7.88. The lowest BCUT2D eigenvalue weighted by molar-refractivity contribution is 0.151. The Morgan fingerprint density at radius 1 is 1.36 bits per heavy atom. The topological polar surface area (TPSA) is 66.7 Å². The minimum Gasteiger partial charge on any atom is -0.444 e. The largest absolute Gasteiger partial charge is 0.444 e. The zero-order valence-corrected chi connectivity index (χ0v) is 15.0. The van der Waals surface area contributed by atoms with E-state index in [0.717, 1.165) is 37.6 Å². The molecule has 126 valence electrons. The zero-order chi connectivity index (χ0) is 16.5. The van der Waals surface area contributed by atoms with Crippen molar-refractivity contribution in [2.24, 2.45) is 0 Å². The molecule has 0 aromatic carbocycles. The van der Waals surface area contributed by atoms with Crippen LogP contribution in [0.1, 0.15) is 45.3 Å². The first-order valence-corrected chi connectivity index (χ1v) is 9.53. The number of oxazole rings is 1. The summed E-state index contributed by atoms with van der Waals surface area (Å²) in [5.74, 6) is 1.63. The van der Waals surface area contributed by atoms with Gasteiger partial charge in [0.05, 0.1) is 19.0 Å². The number of piperidine rings is 1. The van der Waals surface area contributed by atoms with Gasteiger partial charge >= 0.3 is 0 Å². The van der Waals surface area contributed by atoms with Gasteiger partial charge in [0.2, 0.25) is 15.9 Å². The van der Waals surface area contributed by atoms with Crippen LogP contribution in [0.15, 0.2) is 10.6 Å². The fourth-order valence-electron chi connectivity index (χ4n) is 2.63. The van der Waals surface area contributed by atoms with E-state index in [4.69, 9.17) is 4.42 Å². The van der Waals surface area contributed by atoms with Crippen LogP contribution in [0, 0.1) is 0 Å². The molecule has 1 aromatic heterocycles. The standard InChI is InChI=1S/C15H27N3O3S/c1-15(2,3)13-10-16-14(21-13)11-18-8-6-12(7-9-18)17(4)22(5,19)20/h10,12H,6-9,11H2,1-5H3. The summed E-state index contributed by atoms with van der Waals surface area (Å²) in [6.07, 6.45) is 4.76. The van der Waals surface area contributed by atoms with E-state index in [-0.39, 0.29) is 11.5 Å². The predicted octanol–water partition coefficient (Wildman–Crippen LogP) is 1.83. The minimum absolute atomic E-state index is 0.0313. The van der Waals surface area contributed by atoms with Crippen LogP contribution in [0.3, 0.4) is 0 Å². The van der Waals surface area contributed by atoms with Crippen molar-refractivity contribution in [3.63, 3.8) is 0 Å². The van der Waals surface area contributed by atoms with Crippen LogP contribution in [-0.2, 0) is 22.0 Å². The molecular formula is C15H27N3O3S. The molecule has 0 spiro atoms. The molecule has 6 nitrogen and oxygen atoms in total. The van der Waals surface area contributed by atoms with Crippen LogP contribution in [0.25, 0.3) is 0 Å². The van der Waals surface area contributed by atoms with Crippen LogP contribution in [-0.4, -0.2) is 55.0 Å². The van der Waals surface area contributed by atoms with Gasteiger partial charge in [-0.25, -0.2) is 17.7 Å². The maximum Gasteiger partial charge on any atom is 0.211 e. The minimum atomic E-state index is -3.11. The third kappa shape index (κ3) is 4.30. The van der Waals surface area contributed by atoms with Crippen molar-refractivity contribution in [2.75, 3.05) is 26.4 Å². The lowest BCUT2D eigenvalue weighted by Gasteiger charge is -2.35. The highest BCUT2D eigenvalue weighted by Gasteiger charge is 2.28. The number of rotatable bonds is 4. The molecule has 1 aliphatic rings. The first kappa shape index (κ1) is 17.4. The van der Waals surface area contributed by atoms with Crippen LogP contribution in [0.5, 0.6) is 0 Å². The summed E-state index contributed by atoms with van der Waals surface area (Å²) in [5, 5.41) is 0. The third-order valence-electron chi connectivity index (χ3n) is 4.25. The van der Waals surface area contributed by atoms with Gasteiger partial charge in [-0.1, -0.05) is 20.8 Å². The second kappa shape index (κ2) is 6.29. The molecule has 0 N–H and O–H groups in total. The lowest BCUT2D eigenvalue weighted by atomic mass is 9.94. The van der Waals surface area contributed by atoms with Crippen molar-refractivity contribution in [2.45, 2.75) is 51.6 Å². The molecular weight excluding hydrogens is 302 g/mol. The van der Waals surface area contributed by atoms with E-state index >= 15 is 0 Å². The Kier molecular flexibility index (Phi) is 4.99. The second-order valence-electron chi connectivity index (χ2n) is 7.15. The molecule has 1 fully saturated rings. The van der Waals surface area contributed by atoms with Gasteiger partial charge in [-0.2, -0.15) is 0 Å². The molecule has 0 unspecified atom stereocenters. The molecule has 2 rings (SSSR count). The van der Waals surface area contributed by atoms with Crippen molar-refractivity contribution < 1.29 is 12.8 Å². The van der Waals surface area contributed by atoms with Gasteiger partial charge in [-0.3, -0.25) is 4.90 Å². The smallest absolute Gasteiger partial charge is 0.211 e. The third-order valence-corrected chi connectivity index (χ3v) is 5.59. The van der Waals surface area contributed by atoms with Gasteiger partial charge in [-0.05, 0) is 12.8 Å². The fraction of sp³-hybridized carbons (Fsp3) is 0.800. The van der Waals surface area contributed by atoms with Crippen molar-refractivity contribution in [3.05, 3.63) is 17.8 Å². The van der Waals surface area contributed by atoms with Gasteiger partial charge in [0.15, 0.2) is 0 Å². The number of likely N-dealkylation sites (tertiary alicyclic amines) is 1. The molecule has 7 heteroatoms. The van der Waals surface area contributed by atoms with Gasteiger partial charge < -0.3 is 4.42 Å². The maximum atomic E-state index is 11.6. The molecule has 0 saturated carbocycles. The summed E-state index contributed by atoms with van der Waals surface area (Å²) in [5.41, 5.74) is -0.0313. The summed E-state index contributed by atoms with van der Waals surface area (Å²) < 4.78 is 30.5. The van der Waals surface area contributed by atoms with E-state index in [1.165, 1.54) is 10.6 Å². The normalized spacial score (nSPS) is 19.0. The number of aromatic nitrogens is 1. The van der Waals surface area contributed by atoms with E-state index in [1.807, 2.05) is 0 Å². The molecule has 2 heterocycles.